The number of hydrogen-bond donors (Lipinski definition) is 2. The number of methoxy groups -OCH3 is 3. The van der Waals surface area contributed by atoms with Crippen molar-refractivity contribution in [3.05, 3.63) is 35.9 Å². The Bertz CT molecular complexity index is 931. The summed E-state index contributed by atoms with van der Waals surface area (Å²) in [5, 5.41) is 2.61. The van der Waals surface area contributed by atoms with Gasteiger partial charge in [0.2, 0.25) is 11.7 Å². The van der Waals surface area contributed by atoms with E-state index in [0.29, 0.717) is 22.9 Å². The first-order valence-corrected chi connectivity index (χ1v) is 9.41. The quantitative estimate of drug-likeness (QED) is 0.749. The number of aryl methyl sites for hydroxylation is 1. The molecule has 0 saturated heterocycles. The number of benzene rings is 2. The van der Waals surface area contributed by atoms with Gasteiger partial charge in [-0.25, -0.2) is 8.42 Å². The van der Waals surface area contributed by atoms with E-state index in [1.54, 1.807) is 13.0 Å². The number of ether oxygens (including phenoxy) is 3. The molecule has 0 bridgehead atoms. The summed E-state index contributed by atoms with van der Waals surface area (Å²) in [6, 6.07) is 7.46. The smallest absolute Gasteiger partial charge is 0.261 e. The van der Waals surface area contributed by atoms with Crippen LogP contribution in [0.15, 0.2) is 35.2 Å². The van der Waals surface area contributed by atoms with Crippen LogP contribution in [-0.2, 0) is 14.8 Å². The molecule has 0 unspecified atom stereocenters. The van der Waals surface area contributed by atoms with Gasteiger partial charge in [-0.3, -0.25) is 9.52 Å². The molecule has 0 spiro atoms. The molecule has 0 aliphatic heterocycles. The van der Waals surface area contributed by atoms with Crippen LogP contribution < -0.4 is 24.2 Å². The van der Waals surface area contributed by atoms with Crippen molar-refractivity contribution in [2.75, 3.05) is 31.4 Å². The molecule has 2 N–H and O–H groups in total. The highest BCUT2D eigenvalue weighted by molar-refractivity contribution is 7.92. The van der Waals surface area contributed by atoms with Crippen LogP contribution in [0.2, 0.25) is 0 Å². The number of rotatable bonds is 7. The van der Waals surface area contributed by atoms with Gasteiger partial charge < -0.3 is 19.5 Å². The Kier molecular flexibility index (Phi) is 6.17. The van der Waals surface area contributed by atoms with E-state index in [9.17, 15) is 13.2 Å². The van der Waals surface area contributed by atoms with Gasteiger partial charge in [-0.05, 0) is 24.6 Å². The van der Waals surface area contributed by atoms with E-state index in [4.69, 9.17) is 14.2 Å². The highest BCUT2D eigenvalue weighted by Gasteiger charge is 2.19. The van der Waals surface area contributed by atoms with Crippen LogP contribution >= 0.6 is 0 Å². The van der Waals surface area contributed by atoms with Crippen LogP contribution in [-0.4, -0.2) is 35.7 Å². The molecule has 0 aliphatic rings. The number of amides is 1. The zero-order valence-corrected chi connectivity index (χ0v) is 16.6. The molecule has 0 heterocycles. The number of nitrogens with one attached hydrogen (secondary N) is 2. The molecule has 1 amide bonds. The summed E-state index contributed by atoms with van der Waals surface area (Å²) in [6.45, 7) is 3.13. The minimum atomic E-state index is -3.91. The summed E-state index contributed by atoms with van der Waals surface area (Å²) in [5.41, 5.74) is 1.42. The number of carbonyl (C=O) groups excluding carboxylic acids is 1. The average molecular weight is 394 g/mol. The minimum absolute atomic E-state index is 0.00519. The lowest BCUT2D eigenvalue weighted by molar-refractivity contribution is -0.114. The molecule has 27 heavy (non-hydrogen) atoms. The van der Waals surface area contributed by atoms with Crippen LogP contribution in [0.5, 0.6) is 17.2 Å². The van der Waals surface area contributed by atoms with Gasteiger partial charge >= 0.3 is 0 Å². The van der Waals surface area contributed by atoms with E-state index in [2.05, 4.69) is 10.0 Å². The fourth-order valence-corrected chi connectivity index (χ4v) is 3.51. The molecule has 0 radical (unpaired) electrons. The lowest BCUT2D eigenvalue weighted by Crippen LogP contribution is -2.14. The number of anilines is 2. The lowest BCUT2D eigenvalue weighted by atomic mass is 10.2. The monoisotopic (exact) mass is 394 g/mol. The van der Waals surface area contributed by atoms with Crippen LogP contribution in [0.25, 0.3) is 0 Å². The van der Waals surface area contributed by atoms with Gasteiger partial charge in [0.05, 0.1) is 31.9 Å². The van der Waals surface area contributed by atoms with Gasteiger partial charge in [-0.1, -0.05) is 6.07 Å². The molecule has 0 aliphatic carbocycles. The normalized spacial score (nSPS) is 10.9. The second-order valence-corrected chi connectivity index (χ2v) is 7.36. The maximum atomic E-state index is 12.8. The van der Waals surface area contributed by atoms with Gasteiger partial charge in [-0.2, -0.15) is 0 Å². The lowest BCUT2D eigenvalue weighted by Gasteiger charge is -2.16. The molecule has 0 atom stereocenters. The fourth-order valence-electron chi connectivity index (χ4n) is 2.45. The molecule has 2 aromatic rings. The van der Waals surface area contributed by atoms with Crippen molar-refractivity contribution in [1.29, 1.82) is 0 Å². The van der Waals surface area contributed by atoms with Gasteiger partial charge in [0.15, 0.2) is 11.5 Å². The fraction of sp³-hybridized carbons (Fsp3) is 0.278. The summed E-state index contributed by atoms with van der Waals surface area (Å²) in [6.07, 6.45) is 0. The van der Waals surface area contributed by atoms with E-state index < -0.39 is 10.0 Å². The minimum Gasteiger partial charge on any atom is -0.493 e. The summed E-state index contributed by atoms with van der Waals surface area (Å²) < 4.78 is 43.7. The largest absolute Gasteiger partial charge is 0.493 e. The molecule has 8 nitrogen and oxygen atoms in total. The number of hydrogen-bond acceptors (Lipinski definition) is 6. The summed E-state index contributed by atoms with van der Waals surface area (Å²) in [7, 11) is 0.427. The molecule has 0 aromatic heterocycles. The van der Waals surface area contributed by atoms with E-state index in [1.807, 2.05) is 0 Å². The topological polar surface area (TPSA) is 103 Å². The highest BCUT2D eigenvalue weighted by atomic mass is 32.2. The summed E-state index contributed by atoms with van der Waals surface area (Å²) in [5.74, 6) is 0.700. The van der Waals surface area contributed by atoms with E-state index in [0.717, 1.165) is 5.56 Å². The Labute approximate surface area is 158 Å². The first kappa shape index (κ1) is 20.4. The molecule has 0 saturated carbocycles. The molecule has 2 aromatic carbocycles. The van der Waals surface area contributed by atoms with Crippen molar-refractivity contribution in [2.24, 2.45) is 0 Å². The summed E-state index contributed by atoms with van der Waals surface area (Å²) >= 11 is 0. The third-order valence-electron chi connectivity index (χ3n) is 3.75. The SMILES string of the molecule is COc1cc(NS(=O)(=O)c2ccc(C)c(NC(C)=O)c2)cc(OC)c1OC. The summed E-state index contributed by atoms with van der Waals surface area (Å²) in [4.78, 5) is 11.3. The first-order chi connectivity index (χ1) is 12.7. The zero-order valence-electron chi connectivity index (χ0n) is 15.7. The van der Waals surface area contributed by atoms with Crippen LogP contribution in [0.3, 0.4) is 0 Å². The molecule has 146 valence electrons. The highest BCUT2D eigenvalue weighted by Crippen LogP contribution is 2.40. The van der Waals surface area contributed by atoms with Crippen molar-refractivity contribution < 1.29 is 27.4 Å². The zero-order chi connectivity index (χ0) is 20.2. The molecule has 2 rings (SSSR count). The van der Waals surface area contributed by atoms with E-state index in [-0.39, 0.29) is 16.5 Å². The van der Waals surface area contributed by atoms with Crippen molar-refractivity contribution in [3.8, 4) is 17.2 Å². The van der Waals surface area contributed by atoms with Gasteiger partial charge in [0, 0.05) is 24.7 Å². The van der Waals surface area contributed by atoms with Gasteiger partial charge in [-0.15, -0.1) is 0 Å². The van der Waals surface area contributed by atoms with Crippen molar-refractivity contribution in [1.82, 2.24) is 0 Å². The molecule has 9 heteroatoms. The predicted molar refractivity (Wildman–Crippen MR) is 102 cm³/mol. The maximum absolute atomic E-state index is 12.8. The maximum Gasteiger partial charge on any atom is 0.261 e. The Hall–Kier alpha value is -2.94. The molecule has 0 fully saturated rings. The second kappa shape index (κ2) is 8.17. The standard InChI is InChI=1S/C18H22N2O6S/c1-11-6-7-14(10-15(11)19-12(2)21)27(22,23)20-13-8-16(24-3)18(26-5)17(9-13)25-4/h6-10,20H,1-5H3,(H,19,21). The van der Waals surface area contributed by atoms with Crippen molar-refractivity contribution >= 4 is 27.3 Å². The number of carbonyl (C=O) groups is 1. The predicted octanol–water partition coefficient (Wildman–Crippen LogP) is 2.78. The van der Waals surface area contributed by atoms with Crippen LogP contribution in [0.4, 0.5) is 11.4 Å². The Morgan fingerprint density at radius 2 is 1.56 bits per heavy atom. The first-order valence-electron chi connectivity index (χ1n) is 7.93. The number of sulfonamides is 1. The molecular formula is C18H22N2O6S. The van der Waals surface area contributed by atoms with Gasteiger partial charge in [0.25, 0.3) is 10.0 Å². The van der Waals surface area contributed by atoms with E-state index >= 15 is 0 Å². The average Bonchev–Trinajstić information content (AvgIpc) is 2.61. The van der Waals surface area contributed by atoms with E-state index in [1.165, 1.54) is 52.5 Å². The van der Waals surface area contributed by atoms with Crippen molar-refractivity contribution in [2.45, 2.75) is 18.7 Å². The Balaban J connectivity index is 2.43. The molecular weight excluding hydrogens is 372 g/mol. The Morgan fingerprint density at radius 3 is 2.04 bits per heavy atom. The van der Waals surface area contributed by atoms with Crippen molar-refractivity contribution in [3.63, 3.8) is 0 Å². The third kappa shape index (κ3) is 4.62. The third-order valence-corrected chi connectivity index (χ3v) is 5.13. The van der Waals surface area contributed by atoms with Gasteiger partial charge in [0.1, 0.15) is 0 Å². The Morgan fingerprint density at radius 1 is 0.963 bits per heavy atom. The van der Waals surface area contributed by atoms with Crippen LogP contribution in [0.1, 0.15) is 12.5 Å². The van der Waals surface area contributed by atoms with Crippen LogP contribution in [0, 0.1) is 6.92 Å². The second-order valence-electron chi connectivity index (χ2n) is 5.68.